The van der Waals surface area contributed by atoms with Gasteiger partial charge < -0.3 is 5.32 Å². The highest BCUT2D eigenvalue weighted by molar-refractivity contribution is 7.94. The van der Waals surface area contributed by atoms with Crippen LogP contribution in [0.5, 0.6) is 0 Å². The minimum absolute atomic E-state index is 0.0768. The summed E-state index contributed by atoms with van der Waals surface area (Å²) in [7, 11) is -2.98. The zero-order chi connectivity index (χ0) is 11.8. The van der Waals surface area contributed by atoms with Gasteiger partial charge in [-0.1, -0.05) is 6.08 Å². The lowest BCUT2D eigenvalue weighted by Gasteiger charge is -2.15. The highest BCUT2D eigenvalue weighted by Crippen LogP contribution is 2.18. The van der Waals surface area contributed by atoms with Crippen LogP contribution in [0.3, 0.4) is 0 Å². The van der Waals surface area contributed by atoms with Crippen LogP contribution in [0.4, 0.5) is 0 Å². The van der Waals surface area contributed by atoms with Crippen LogP contribution in [0, 0.1) is 6.92 Å². The van der Waals surface area contributed by atoms with Crippen LogP contribution in [-0.4, -0.2) is 25.2 Å². The number of sulfone groups is 1. The normalized spacial score (nSPS) is 24.8. The monoisotopic (exact) mass is 258 g/mol. The van der Waals surface area contributed by atoms with Gasteiger partial charge in [-0.3, -0.25) is 0 Å². The maximum absolute atomic E-state index is 11.2. The summed E-state index contributed by atoms with van der Waals surface area (Å²) in [6, 6.07) is -0.0186. The highest BCUT2D eigenvalue weighted by Gasteiger charge is 2.23. The van der Waals surface area contributed by atoms with Gasteiger partial charge >= 0.3 is 0 Å². The fourth-order valence-electron chi connectivity index (χ4n) is 1.67. The Labute approximate surface area is 99.3 Å². The Kier molecular flexibility index (Phi) is 3.14. The highest BCUT2D eigenvalue weighted by atomic mass is 32.2. The lowest BCUT2D eigenvalue weighted by atomic mass is 10.2. The summed E-state index contributed by atoms with van der Waals surface area (Å²) < 4.78 is 22.4. The quantitative estimate of drug-likeness (QED) is 0.890. The van der Waals surface area contributed by atoms with Crippen LogP contribution in [0.1, 0.15) is 23.7 Å². The summed E-state index contributed by atoms with van der Waals surface area (Å²) in [5, 5.41) is 7.55. The van der Waals surface area contributed by atoms with Gasteiger partial charge in [0.05, 0.1) is 16.5 Å². The van der Waals surface area contributed by atoms with E-state index < -0.39 is 9.84 Å². The number of aromatic nitrogens is 1. The smallest absolute Gasteiger partial charge is 0.173 e. The molecular formula is C10H14N2O2S2. The molecule has 0 aliphatic carbocycles. The zero-order valence-corrected chi connectivity index (χ0v) is 10.8. The maximum Gasteiger partial charge on any atom is 0.173 e. The molecule has 0 bridgehead atoms. The molecule has 1 aliphatic rings. The van der Waals surface area contributed by atoms with Crippen LogP contribution >= 0.6 is 11.3 Å². The van der Waals surface area contributed by atoms with Crippen molar-refractivity contribution in [3.05, 3.63) is 27.6 Å². The Bertz CT molecular complexity index is 505. The topological polar surface area (TPSA) is 59.1 Å². The molecule has 2 unspecified atom stereocenters. The minimum Gasteiger partial charge on any atom is -0.301 e. The van der Waals surface area contributed by atoms with Gasteiger partial charge in [0.15, 0.2) is 9.84 Å². The largest absolute Gasteiger partial charge is 0.301 e. The summed E-state index contributed by atoms with van der Waals surface area (Å²) in [6.45, 7) is 3.95. The standard InChI is InChI=1S/C10H14N2O2S2/c1-7(10-5-15-8(2)12-10)11-9-3-4-16(13,14)6-9/h3-5,7,9,11H,6H2,1-2H3. The van der Waals surface area contributed by atoms with E-state index in [1.54, 1.807) is 17.4 Å². The average molecular weight is 258 g/mol. The van der Waals surface area contributed by atoms with Gasteiger partial charge in [0.1, 0.15) is 0 Å². The first kappa shape index (κ1) is 11.8. The van der Waals surface area contributed by atoms with E-state index in [1.807, 2.05) is 19.2 Å². The second kappa shape index (κ2) is 4.27. The van der Waals surface area contributed by atoms with Crippen molar-refractivity contribution < 1.29 is 8.42 Å². The number of nitrogens with one attached hydrogen (secondary N) is 1. The van der Waals surface area contributed by atoms with E-state index in [0.717, 1.165) is 10.7 Å². The van der Waals surface area contributed by atoms with E-state index in [0.29, 0.717) is 0 Å². The predicted octanol–water partition coefficient (Wildman–Crippen LogP) is 1.41. The summed E-state index contributed by atoms with van der Waals surface area (Å²) in [5.41, 5.74) is 0.972. The molecular weight excluding hydrogens is 244 g/mol. The molecule has 2 rings (SSSR count). The molecule has 0 amide bonds. The van der Waals surface area contributed by atoms with Gasteiger partial charge in [-0.2, -0.15) is 0 Å². The molecule has 1 aromatic heterocycles. The fraction of sp³-hybridized carbons (Fsp3) is 0.500. The van der Waals surface area contributed by atoms with Crippen molar-refractivity contribution in [1.82, 2.24) is 10.3 Å². The third-order valence-electron chi connectivity index (χ3n) is 2.47. The summed E-state index contributed by atoms with van der Waals surface area (Å²) in [4.78, 5) is 4.37. The number of rotatable bonds is 3. The van der Waals surface area contributed by atoms with Crippen molar-refractivity contribution in [1.29, 1.82) is 0 Å². The molecule has 2 atom stereocenters. The molecule has 1 N–H and O–H groups in total. The van der Waals surface area contributed by atoms with Gasteiger partial charge in [-0.05, 0) is 13.8 Å². The minimum atomic E-state index is -2.98. The van der Waals surface area contributed by atoms with Gasteiger partial charge in [-0.15, -0.1) is 11.3 Å². The van der Waals surface area contributed by atoms with Crippen molar-refractivity contribution in [2.75, 3.05) is 5.75 Å². The first-order chi connectivity index (χ1) is 7.46. The van der Waals surface area contributed by atoms with Crippen molar-refractivity contribution in [3.8, 4) is 0 Å². The van der Waals surface area contributed by atoms with E-state index in [2.05, 4.69) is 10.3 Å². The van der Waals surface area contributed by atoms with E-state index in [4.69, 9.17) is 0 Å². The van der Waals surface area contributed by atoms with Gasteiger partial charge in [0.2, 0.25) is 0 Å². The Morgan fingerprint density at radius 3 is 2.88 bits per heavy atom. The van der Waals surface area contributed by atoms with Crippen molar-refractivity contribution in [2.45, 2.75) is 25.9 Å². The molecule has 2 heterocycles. The molecule has 16 heavy (non-hydrogen) atoms. The van der Waals surface area contributed by atoms with E-state index >= 15 is 0 Å². The Hall–Kier alpha value is -0.720. The number of aryl methyl sites for hydroxylation is 1. The Morgan fingerprint density at radius 2 is 2.38 bits per heavy atom. The SMILES string of the molecule is Cc1nc(C(C)NC2C=CS(=O)(=O)C2)cs1. The maximum atomic E-state index is 11.2. The van der Waals surface area contributed by atoms with E-state index in [9.17, 15) is 8.42 Å². The van der Waals surface area contributed by atoms with Gasteiger partial charge in [0.25, 0.3) is 0 Å². The summed E-state index contributed by atoms with van der Waals surface area (Å²) in [6.07, 6.45) is 1.70. The number of hydrogen-bond donors (Lipinski definition) is 1. The molecule has 0 radical (unpaired) electrons. The van der Waals surface area contributed by atoms with Gasteiger partial charge in [-0.25, -0.2) is 13.4 Å². The number of hydrogen-bond acceptors (Lipinski definition) is 5. The summed E-state index contributed by atoms with van der Waals surface area (Å²) in [5.74, 6) is 0.153. The van der Waals surface area contributed by atoms with Crippen molar-refractivity contribution >= 4 is 21.2 Å². The van der Waals surface area contributed by atoms with Crippen LogP contribution in [0.25, 0.3) is 0 Å². The molecule has 0 fully saturated rings. The molecule has 88 valence electrons. The number of thiazole rings is 1. The second-order valence-corrected chi connectivity index (χ2v) is 6.94. The Morgan fingerprint density at radius 1 is 1.62 bits per heavy atom. The van der Waals surface area contributed by atoms with E-state index in [-0.39, 0.29) is 17.8 Å². The third kappa shape index (κ3) is 2.69. The fourth-order valence-corrected chi connectivity index (χ4v) is 3.62. The Balaban J connectivity index is 1.99. The van der Waals surface area contributed by atoms with Crippen LogP contribution < -0.4 is 5.32 Å². The predicted molar refractivity (Wildman–Crippen MR) is 65.1 cm³/mol. The first-order valence-corrected chi connectivity index (χ1v) is 7.65. The molecule has 6 heteroatoms. The van der Waals surface area contributed by atoms with Crippen LogP contribution in [0.2, 0.25) is 0 Å². The number of nitrogens with zero attached hydrogens (tertiary/aromatic N) is 1. The molecule has 0 saturated heterocycles. The zero-order valence-electron chi connectivity index (χ0n) is 9.17. The molecule has 0 aromatic carbocycles. The van der Waals surface area contributed by atoms with Crippen LogP contribution in [-0.2, 0) is 9.84 Å². The lowest BCUT2D eigenvalue weighted by Crippen LogP contribution is -2.32. The molecule has 1 aliphatic heterocycles. The molecule has 4 nitrogen and oxygen atoms in total. The van der Waals surface area contributed by atoms with Gasteiger partial charge in [0, 0.05) is 22.9 Å². The van der Waals surface area contributed by atoms with Crippen molar-refractivity contribution in [3.63, 3.8) is 0 Å². The third-order valence-corrected chi connectivity index (χ3v) is 4.66. The second-order valence-electron chi connectivity index (χ2n) is 3.94. The molecule has 0 saturated carbocycles. The average Bonchev–Trinajstić information content (AvgIpc) is 2.73. The first-order valence-electron chi connectivity index (χ1n) is 5.05. The summed E-state index contributed by atoms with van der Waals surface area (Å²) >= 11 is 1.60. The molecule has 0 spiro atoms. The molecule has 1 aromatic rings. The van der Waals surface area contributed by atoms with E-state index in [1.165, 1.54) is 5.41 Å². The van der Waals surface area contributed by atoms with Crippen molar-refractivity contribution in [2.24, 2.45) is 0 Å². The lowest BCUT2D eigenvalue weighted by molar-refractivity contribution is 0.527. The van der Waals surface area contributed by atoms with Crippen LogP contribution in [0.15, 0.2) is 16.9 Å².